The van der Waals surface area contributed by atoms with Gasteiger partial charge in [0.05, 0.1) is 27.2 Å². The maximum absolute atomic E-state index is 12.2. The molecule has 0 radical (unpaired) electrons. The third-order valence-corrected chi connectivity index (χ3v) is 3.72. The third-order valence-electron chi connectivity index (χ3n) is 3.72. The summed E-state index contributed by atoms with van der Waals surface area (Å²) in [7, 11) is 4.59. The second-order valence-electron chi connectivity index (χ2n) is 5.13. The van der Waals surface area contributed by atoms with E-state index in [-0.39, 0.29) is 11.6 Å². The van der Waals surface area contributed by atoms with E-state index in [2.05, 4.69) is 0 Å². The molecule has 0 fully saturated rings. The quantitative estimate of drug-likeness (QED) is 0.596. The van der Waals surface area contributed by atoms with Gasteiger partial charge in [-0.2, -0.15) is 0 Å². The predicted octanol–water partition coefficient (Wildman–Crippen LogP) is 2.83. The van der Waals surface area contributed by atoms with Crippen molar-refractivity contribution in [3.05, 3.63) is 35.9 Å². The molecule has 122 valence electrons. The molecule has 1 aliphatic rings. The Morgan fingerprint density at radius 1 is 1.13 bits per heavy atom. The van der Waals surface area contributed by atoms with Gasteiger partial charge in [0.25, 0.3) is 0 Å². The summed E-state index contributed by atoms with van der Waals surface area (Å²) >= 11 is 0. The Hall–Kier alpha value is -2.56. The van der Waals surface area contributed by atoms with Crippen LogP contribution in [-0.4, -0.2) is 32.9 Å². The highest BCUT2D eigenvalue weighted by atomic mass is 16.5. The highest BCUT2D eigenvalue weighted by Crippen LogP contribution is 2.38. The van der Waals surface area contributed by atoms with E-state index >= 15 is 0 Å². The van der Waals surface area contributed by atoms with Crippen LogP contribution in [0, 0.1) is 5.92 Å². The van der Waals surface area contributed by atoms with E-state index < -0.39 is 5.92 Å². The zero-order valence-corrected chi connectivity index (χ0v) is 13.5. The fraction of sp³-hybridized carbons (Fsp3) is 0.333. The molecule has 1 aromatic carbocycles. The van der Waals surface area contributed by atoms with Crippen LogP contribution in [0.15, 0.2) is 30.4 Å². The fourth-order valence-corrected chi connectivity index (χ4v) is 2.50. The normalized spacial score (nSPS) is 17.3. The maximum Gasteiger partial charge on any atom is 0.203 e. The van der Waals surface area contributed by atoms with Crippen LogP contribution in [-0.2, 0) is 9.59 Å². The van der Waals surface area contributed by atoms with Crippen molar-refractivity contribution in [1.82, 2.24) is 0 Å². The molecule has 5 nitrogen and oxygen atoms in total. The molecule has 0 amide bonds. The van der Waals surface area contributed by atoms with Crippen molar-refractivity contribution in [3.8, 4) is 17.2 Å². The Kier molecular flexibility index (Phi) is 5.57. The highest BCUT2D eigenvalue weighted by molar-refractivity contribution is 6.12. The molecule has 23 heavy (non-hydrogen) atoms. The van der Waals surface area contributed by atoms with Gasteiger partial charge in [0.2, 0.25) is 5.75 Å². The van der Waals surface area contributed by atoms with E-state index in [1.807, 2.05) is 0 Å². The number of allylic oxidation sites excluding steroid dienone is 3. The first-order valence-electron chi connectivity index (χ1n) is 7.33. The fourth-order valence-electron chi connectivity index (χ4n) is 2.50. The summed E-state index contributed by atoms with van der Waals surface area (Å²) in [5, 5.41) is 0. The molecule has 1 unspecified atom stereocenters. The van der Waals surface area contributed by atoms with E-state index in [1.165, 1.54) is 33.5 Å². The number of carbonyl (C=O) groups excluding carboxylic acids is 2. The molecule has 5 heteroatoms. The Morgan fingerprint density at radius 3 is 2.30 bits per heavy atom. The maximum atomic E-state index is 12.2. The zero-order chi connectivity index (χ0) is 16.8. The molecule has 0 aromatic heterocycles. The molecule has 0 saturated heterocycles. The summed E-state index contributed by atoms with van der Waals surface area (Å²) in [6.45, 7) is 0. The minimum atomic E-state index is -0.571. The van der Waals surface area contributed by atoms with Crippen LogP contribution in [0.4, 0.5) is 0 Å². The molecule has 0 N–H and O–H groups in total. The summed E-state index contributed by atoms with van der Waals surface area (Å²) < 4.78 is 15.8. The average Bonchev–Trinajstić information content (AvgIpc) is 2.58. The van der Waals surface area contributed by atoms with Gasteiger partial charge in [0.15, 0.2) is 23.1 Å². The topological polar surface area (TPSA) is 61.8 Å². The summed E-state index contributed by atoms with van der Waals surface area (Å²) in [4.78, 5) is 23.9. The second-order valence-corrected chi connectivity index (χ2v) is 5.13. The number of rotatable bonds is 6. The van der Waals surface area contributed by atoms with Gasteiger partial charge >= 0.3 is 0 Å². The van der Waals surface area contributed by atoms with Crippen LogP contribution < -0.4 is 14.2 Å². The van der Waals surface area contributed by atoms with Gasteiger partial charge < -0.3 is 14.2 Å². The monoisotopic (exact) mass is 316 g/mol. The lowest BCUT2D eigenvalue weighted by molar-refractivity contribution is -0.127. The first kappa shape index (κ1) is 16.8. The Balaban J connectivity index is 2.23. The van der Waals surface area contributed by atoms with Crippen LogP contribution in [0.5, 0.6) is 17.2 Å². The number of ether oxygens (including phenoxy) is 3. The molecule has 0 bridgehead atoms. The number of ketones is 2. The van der Waals surface area contributed by atoms with E-state index in [9.17, 15) is 9.59 Å². The molecule has 0 spiro atoms. The van der Waals surface area contributed by atoms with Crippen molar-refractivity contribution >= 4 is 17.6 Å². The Labute approximate surface area is 135 Å². The molecule has 1 aromatic rings. The molecular weight excluding hydrogens is 296 g/mol. The number of methoxy groups -OCH3 is 3. The van der Waals surface area contributed by atoms with Crippen molar-refractivity contribution in [2.24, 2.45) is 5.92 Å². The minimum Gasteiger partial charge on any atom is -0.493 e. The van der Waals surface area contributed by atoms with Gasteiger partial charge in [-0.05, 0) is 42.7 Å². The van der Waals surface area contributed by atoms with E-state index in [4.69, 9.17) is 14.2 Å². The smallest absolute Gasteiger partial charge is 0.203 e. The van der Waals surface area contributed by atoms with Crippen LogP contribution in [0.2, 0.25) is 0 Å². The number of hydrogen-bond donors (Lipinski definition) is 0. The number of hydrogen-bond acceptors (Lipinski definition) is 5. The summed E-state index contributed by atoms with van der Waals surface area (Å²) in [5.41, 5.74) is 0.728. The molecule has 0 heterocycles. The van der Waals surface area contributed by atoms with Crippen LogP contribution in [0.1, 0.15) is 18.4 Å². The molecule has 0 aliphatic heterocycles. The van der Waals surface area contributed by atoms with Gasteiger partial charge in [0, 0.05) is 0 Å². The zero-order valence-electron chi connectivity index (χ0n) is 13.5. The Bertz CT molecular complexity index is 632. The number of benzene rings is 1. The second kappa shape index (κ2) is 7.63. The van der Waals surface area contributed by atoms with Gasteiger partial charge in [-0.15, -0.1) is 0 Å². The lowest BCUT2D eigenvalue weighted by Crippen LogP contribution is -2.22. The van der Waals surface area contributed by atoms with Crippen LogP contribution in [0.3, 0.4) is 0 Å². The van der Waals surface area contributed by atoms with Crippen molar-refractivity contribution in [3.63, 3.8) is 0 Å². The SMILES string of the molecule is COc1cc(/C=C/C(=O)C2CCC=CC2=O)cc(OC)c1OC. The van der Waals surface area contributed by atoms with Gasteiger partial charge in [-0.25, -0.2) is 0 Å². The van der Waals surface area contributed by atoms with Crippen molar-refractivity contribution in [2.75, 3.05) is 21.3 Å². The first-order chi connectivity index (χ1) is 11.1. The summed E-state index contributed by atoms with van der Waals surface area (Å²) in [6, 6.07) is 3.49. The standard InChI is InChI=1S/C18H20O5/c1-21-16-10-12(11-17(22-2)18(16)23-3)8-9-15(20)13-6-4-5-7-14(13)19/h5,7-11,13H,4,6H2,1-3H3/b9-8+. The van der Waals surface area contributed by atoms with Crippen molar-refractivity contribution in [2.45, 2.75) is 12.8 Å². The predicted molar refractivity (Wildman–Crippen MR) is 87.0 cm³/mol. The average molecular weight is 316 g/mol. The highest BCUT2D eigenvalue weighted by Gasteiger charge is 2.24. The first-order valence-corrected chi connectivity index (χ1v) is 7.33. The summed E-state index contributed by atoms with van der Waals surface area (Å²) in [5.74, 6) is 0.625. The van der Waals surface area contributed by atoms with E-state index in [0.29, 0.717) is 23.7 Å². The van der Waals surface area contributed by atoms with Crippen LogP contribution in [0.25, 0.3) is 6.08 Å². The van der Waals surface area contributed by atoms with Gasteiger partial charge in [-0.3, -0.25) is 9.59 Å². The Morgan fingerprint density at radius 2 is 1.78 bits per heavy atom. The molecular formula is C18H20O5. The lowest BCUT2D eigenvalue weighted by atomic mass is 9.89. The van der Waals surface area contributed by atoms with Gasteiger partial charge in [0.1, 0.15) is 0 Å². The summed E-state index contributed by atoms with van der Waals surface area (Å²) in [6.07, 6.45) is 7.68. The van der Waals surface area contributed by atoms with E-state index in [1.54, 1.807) is 24.3 Å². The van der Waals surface area contributed by atoms with Crippen LogP contribution >= 0.6 is 0 Å². The molecule has 1 aliphatic carbocycles. The molecule has 2 rings (SSSR count). The molecule has 1 atom stereocenters. The molecule has 0 saturated carbocycles. The van der Waals surface area contributed by atoms with Gasteiger partial charge in [-0.1, -0.05) is 12.2 Å². The third kappa shape index (κ3) is 3.80. The largest absolute Gasteiger partial charge is 0.493 e. The van der Waals surface area contributed by atoms with Crippen molar-refractivity contribution < 1.29 is 23.8 Å². The minimum absolute atomic E-state index is 0.129. The lowest BCUT2D eigenvalue weighted by Gasteiger charge is -2.14. The van der Waals surface area contributed by atoms with Crippen molar-refractivity contribution in [1.29, 1.82) is 0 Å². The van der Waals surface area contributed by atoms with E-state index in [0.717, 1.165) is 12.0 Å². The number of carbonyl (C=O) groups is 2.